The van der Waals surface area contributed by atoms with Crippen LogP contribution in [0.5, 0.6) is 0 Å². The summed E-state index contributed by atoms with van der Waals surface area (Å²) >= 11 is 1.58. The molecule has 2 N–H and O–H groups in total. The van der Waals surface area contributed by atoms with E-state index in [4.69, 9.17) is 15.5 Å². The Hall–Kier alpha value is -4.09. The number of halogens is 1. The van der Waals surface area contributed by atoms with Crippen LogP contribution in [-0.4, -0.2) is 60.4 Å². The number of anilines is 4. The van der Waals surface area contributed by atoms with Crippen molar-refractivity contribution in [2.45, 2.75) is 0 Å². The fourth-order valence-corrected chi connectivity index (χ4v) is 5.65. The van der Waals surface area contributed by atoms with E-state index >= 15 is 0 Å². The van der Waals surface area contributed by atoms with E-state index < -0.39 is 0 Å². The van der Waals surface area contributed by atoms with Gasteiger partial charge in [0.25, 0.3) is 0 Å². The standard InChI is InChI=1S/C26H24FN7O2S/c27-18-4-6-19(7-5-18)33-10-11-34(26(33)35)20-3-1-2-17(16-20)23-22(21-8-9-29-24(28)30-21)31-25(37-23)32-12-14-36-15-13-32/h1-9,16H,10-15H2,(H2,28,29,30). The van der Waals surface area contributed by atoms with Crippen molar-refractivity contribution in [2.24, 2.45) is 0 Å². The number of nitrogens with zero attached hydrogens (tertiary/aromatic N) is 6. The van der Waals surface area contributed by atoms with Gasteiger partial charge in [0.15, 0.2) is 5.13 Å². The van der Waals surface area contributed by atoms with Gasteiger partial charge in [-0.05, 0) is 48.0 Å². The second-order valence-corrected chi connectivity index (χ2v) is 9.66. The molecule has 4 aromatic rings. The highest BCUT2D eigenvalue weighted by Gasteiger charge is 2.31. The highest BCUT2D eigenvalue weighted by atomic mass is 32.1. The summed E-state index contributed by atoms with van der Waals surface area (Å²) in [5, 5.41) is 0.885. The lowest BCUT2D eigenvalue weighted by Gasteiger charge is -2.26. The normalized spacial score (nSPS) is 16.0. The molecule has 0 bridgehead atoms. The molecule has 11 heteroatoms. The third-order valence-corrected chi connectivity index (χ3v) is 7.55. The van der Waals surface area contributed by atoms with Crippen LogP contribution in [-0.2, 0) is 4.74 Å². The third kappa shape index (κ3) is 4.58. The van der Waals surface area contributed by atoms with Crippen LogP contribution >= 0.6 is 11.3 Å². The summed E-state index contributed by atoms with van der Waals surface area (Å²) in [6.07, 6.45) is 1.62. The van der Waals surface area contributed by atoms with Gasteiger partial charge >= 0.3 is 6.03 Å². The van der Waals surface area contributed by atoms with Gasteiger partial charge in [0.05, 0.1) is 23.8 Å². The summed E-state index contributed by atoms with van der Waals surface area (Å²) in [5.41, 5.74) is 9.62. The molecule has 0 aliphatic carbocycles. The maximum atomic E-state index is 13.4. The van der Waals surface area contributed by atoms with E-state index in [-0.39, 0.29) is 17.8 Å². The van der Waals surface area contributed by atoms with Crippen LogP contribution in [0.4, 0.5) is 31.6 Å². The van der Waals surface area contributed by atoms with E-state index in [2.05, 4.69) is 14.9 Å². The average molecular weight is 518 g/mol. The molecule has 2 fully saturated rings. The van der Waals surface area contributed by atoms with Crippen molar-refractivity contribution in [1.29, 1.82) is 0 Å². The molecule has 2 aromatic carbocycles. The molecule has 0 unspecified atom stereocenters. The van der Waals surface area contributed by atoms with Crippen molar-refractivity contribution in [3.05, 3.63) is 66.6 Å². The minimum absolute atomic E-state index is 0.147. The smallest absolute Gasteiger partial charge is 0.329 e. The first-order chi connectivity index (χ1) is 18.1. The molecule has 0 spiro atoms. The largest absolute Gasteiger partial charge is 0.378 e. The maximum absolute atomic E-state index is 13.4. The number of urea groups is 1. The first-order valence-electron chi connectivity index (χ1n) is 11.9. The minimum atomic E-state index is -0.331. The van der Waals surface area contributed by atoms with E-state index in [9.17, 15) is 9.18 Å². The van der Waals surface area contributed by atoms with Crippen molar-refractivity contribution >= 4 is 39.8 Å². The molecule has 0 atom stereocenters. The number of hydrogen-bond donors (Lipinski definition) is 1. The van der Waals surface area contributed by atoms with Crippen molar-refractivity contribution < 1.29 is 13.9 Å². The Balaban J connectivity index is 1.35. The van der Waals surface area contributed by atoms with Gasteiger partial charge in [0, 0.05) is 43.8 Å². The lowest BCUT2D eigenvalue weighted by atomic mass is 10.1. The molecule has 2 saturated heterocycles. The molecule has 2 amide bonds. The fourth-order valence-electron chi connectivity index (χ4n) is 4.53. The number of carbonyl (C=O) groups excluding carboxylic acids is 1. The Bertz CT molecular complexity index is 1440. The first-order valence-corrected chi connectivity index (χ1v) is 12.8. The molecule has 6 rings (SSSR count). The number of nitrogen functional groups attached to an aromatic ring is 1. The third-order valence-electron chi connectivity index (χ3n) is 6.38. The van der Waals surface area contributed by atoms with Crippen LogP contribution in [0.25, 0.3) is 21.8 Å². The summed E-state index contributed by atoms with van der Waals surface area (Å²) in [7, 11) is 0. The molecular weight excluding hydrogens is 493 g/mol. The molecule has 0 radical (unpaired) electrons. The van der Waals surface area contributed by atoms with Crippen LogP contribution < -0.4 is 20.4 Å². The quantitative estimate of drug-likeness (QED) is 0.422. The van der Waals surface area contributed by atoms with E-state index in [0.29, 0.717) is 37.7 Å². The number of carbonyl (C=O) groups is 1. The summed E-state index contributed by atoms with van der Waals surface area (Å²) < 4.78 is 18.9. The predicted octanol–water partition coefficient (Wildman–Crippen LogP) is 4.27. The Kier molecular flexibility index (Phi) is 6.15. The maximum Gasteiger partial charge on any atom is 0.329 e. The molecular formula is C26H24FN7O2S. The topological polar surface area (TPSA) is 101 Å². The molecule has 4 heterocycles. The van der Waals surface area contributed by atoms with Crippen molar-refractivity contribution in [3.8, 4) is 21.8 Å². The zero-order valence-electron chi connectivity index (χ0n) is 19.9. The number of ether oxygens (including phenoxy) is 1. The van der Waals surface area contributed by atoms with Gasteiger partial charge in [-0.15, -0.1) is 0 Å². The Morgan fingerprint density at radius 2 is 1.68 bits per heavy atom. The second kappa shape index (κ2) is 9.75. The molecule has 2 aromatic heterocycles. The van der Waals surface area contributed by atoms with Crippen molar-refractivity contribution in [3.63, 3.8) is 0 Å². The van der Waals surface area contributed by atoms with Crippen LogP contribution in [0.2, 0.25) is 0 Å². The van der Waals surface area contributed by atoms with Crippen molar-refractivity contribution in [1.82, 2.24) is 15.0 Å². The van der Waals surface area contributed by atoms with Gasteiger partial charge < -0.3 is 15.4 Å². The van der Waals surface area contributed by atoms with Gasteiger partial charge in [0.2, 0.25) is 5.95 Å². The molecule has 9 nitrogen and oxygen atoms in total. The highest BCUT2D eigenvalue weighted by molar-refractivity contribution is 7.19. The number of rotatable bonds is 5. The SMILES string of the molecule is Nc1nccc(-c2nc(N3CCOCC3)sc2-c2cccc(N3CCN(c4ccc(F)cc4)C3=O)c2)n1. The number of aromatic nitrogens is 3. The number of nitrogens with two attached hydrogens (primary N) is 1. The molecule has 2 aliphatic heterocycles. The predicted molar refractivity (Wildman–Crippen MR) is 143 cm³/mol. The van der Waals surface area contributed by atoms with Crippen LogP contribution in [0.3, 0.4) is 0 Å². The Morgan fingerprint density at radius 1 is 0.919 bits per heavy atom. The number of benzene rings is 2. The summed E-state index contributed by atoms with van der Waals surface area (Å²) in [6, 6.07) is 15.5. The van der Waals surface area contributed by atoms with Crippen LogP contribution in [0, 0.1) is 5.82 Å². The van der Waals surface area contributed by atoms with Gasteiger partial charge in [0.1, 0.15) is 11.5 Å². The Labute approximate surface area is 217 Å². The average Bonchev–Trinajstić information content (AvgIpc) is 3.54. The summed E-state index contributed by atoms with van der Waals surface area (Å²) in [6.45, 7) is 3.88. The van der Waals surface area contributed by atoms with Gasteiger partial charge in [-0.3, -0.25) is 9.80 Å². The molecule has 37 heavy (non-hydrogen) atoms. The van der Waals surface area contributed by atoms with Crippen LogP contribution in [0.15, 0.2) is 60.8 Å². The minimum Gasteiger partial charge on any atom is -0.378 e. The Morgan fingerprint density at radius 3 is 2.43 bits per heavy atom. The lowest BCUT2D eigenvalue weighted by Crippen LogP contribution is -2.36. The number of thiazole rings is 1. The molecule has 0 saturated carbocycles. The van der Waals surface area contributed by atoms with Crippen molar-refractivity contribution in [2.75, 3.05) is 59.8 Å². The second-order valence-electron chi connectivity index (χ2n) is 8.69. The lowest BCUT2D eigenvalue weighted by molar-refractivity contribution is 0.122. The van der Waals surface area contributed by atoms with Gasteiger partial charge in [-0.2, -0.15) is 0 Å². The molecule has 188 valence electrons. The van der Waals surface area contributed by atoms with E-state index in [0.717, 1.165) is 40.0 Å². The summed E-state index contributed by atoms with van der Waals surface area (Å²) in [4.78, 5) is 33.2. The van der Waals surface area contributed by atoms with E-state index in [1.165, 1.54) is 12.1 Å². The zero-order valence-corrected chi connectivity index (χ0v) is 20.7. The number of morpholine rings is 1. The number of hydrogen-bond acceptors (Lipinski definition) is 8. The fraction of sp³-hybridized carbons (Fsp3) is 0.231. The number of amides is 2. The van der Waals surface area contributed by atoms with Gasteiger partial charge in [-0.1, -0.05) is 23.5 Å². The van der Waals surface area contributed by atoms with E-state index in [1.807, 2.05) is 24.3 Å². The van der Waals surface area contributed by atoms with Gasteiger partial charge in [-0.25, -0.2) is 24.1 Å². The summed E-state index contributed by atoms with van der Waals surface area (Å²) in [5.74, 6) is -0.149. The zero-order chi connectivity index (χ0) is 25.4. The molecule has 2 aliphatic rings. The monoisotopic (exact) mass is 517 g/mol. The highest BCUT2D eigenvalue weighted by Crippen LogP contribution is 2.41. The van der Waals surface area contributed by atoms with Crippen LogP contribution in [0.1, 0.15) is 0 Å². The van der Waals surface area contributed by atoms with E-state index in [1.54, 1.807) is 45.5 Å². The first kappa shape index (κ1) is 23.3.